The van der Waals surface area contributed by atoms with E-state index in [1.807, 2.05) is 72.8 Å². The predicted octanol–water partition coefficient (Wildman–Crippen LogP) is 6.36. The van der Waals surface area contributed by atoms with Crippen LogP contribution in [0.15, 0.2) is 72.8 Å². The Bertz CT molecular complexity index is 892. The minimum atomic E-state index is -2.94. The number of benzene rings is 3. The summed E-state index contributed by atoms with van der Waals surface area (Å²) in [6.07, 6.45) is 0. The standard InChI is InChI=1S/C18H12Cl7NSi3/c19-27(20)16-7-1-13(2-8-16)26(14-3-9-17(10-4-14)28(21)22)15-5-11-18(12-6-15)29(23,24)25/h1-12H. The fourth-order valence-corrected chi connectivity index (χ4v) is 6.75. The summed E-state index contributed by atoms with van der Waals surface area (Å²) in [5, 5.41) is 2.57. The normalized spacial score (nSPS) is 11.9. The number of anilines is 3. The molecule has 3 aromatic rings. The minimum absolute atomic E-state index is 0.727. The molecule has 0 saturated carbocycles. The van der Waals surface area contributed by atoms with Crippen LogP contribution >= 0.6 is 77.6 Å². The molecular weight excluding hydrogens is 563 g/mol. The first-order valence-corrected chi connectivity index (χ1v) is 20.3. The molecule has 0 aliphatic rings. The van der Waals surface area contributed by atoms with Crippen LogP contribution in [0.25, 0.3) is 0 Å². The van der Waals surface area contributed by atoms with Crippen molar-refractivity contribution in [2.75, 3.05) is 4.90 Å². The van der Waals surface area contributed by atoms with Crippen LogP contribution in [0.5, 0.6) is 0 Å². The van der Waals surface area contributed by atoms with E-state index in [4.69, 9.17) is 77.6 Å². The van der Waals surface area contributed by atoms with E-state index >= 15 is 0 Å². The summed E-state index contributed by atoms with van der Waals surface area (Å²) in [7, 11) is -3.12. The molecule has 3 aromatic carbocycles. The maximum Gasteiger partial charge on any atom is 0.372 e. The summed E-state index contributed by atoms with van der Waals surface area (Å²) in [4.78, 5) is 2.08. The highest BCUT2D eigenvalue weighted by Crippen LogP contribution is 2.34. The van der Waals surface area contributed by atoms with Crippen molar-refractivity contribution < 1.29 is 0 Å². The van der Waals surface area contributed by atoms with Crippen molar-refractivity contribution >= 4 is 131 Å². The fraction of sp³-hybridized carbons (Fsp3) is 0. The van der Waals surface area contributed by atoms with Gasteiger partial charge in [-0.15, -0.1) is 77.6 Å². The van der Waals surface area contributed by atoms with Crippen LogP contribution in [-0.2, 0) is 0 Å². The van der Waals surface area contributed by atoms with Gasteiger partial charge in [0.15, 0.2) is 0 Å². The lowest BCUT2D eigenvalue weighted by atomic mass is 10.2. The summed E-state index contributed by atoms with van der Waals surface area (Å²) in [5.41, 5.74) is 2.81. The van der Waals surface area contributed by atoms with Gasteiger partial charge in [0.25, 0.3) is 0 Å². The second-order valence-electron chi connectivity index (χ2n) is 5.99. The summed E-state index contributed by atoms with van der Waals surface area (Å²) >= 11 is 42.7. The van der Waals surface area contributed by atoms with Gasteiger partial charge in [0.1, 0.15) is 0 Å². The van der Waals surface area contributed by atoms with E-state index in [0.29, 0.717) is 0 Å². The number of rotatable bonds is 6. The second-order valence-corrected chi connectivity index (χ2v) is 22.3. The van der Waals surface area contributed by atoms with Crippen molar-refractivity contribution in [2.45, 2.75) is 0 Å². The van der Waals surface area contributed by atoms with Crippen LogP contribution in [0.3, 0.4) is 0 Å². The fourth-order valence-electron chi connectivity index (χ4n) is 2.72. The Morgan fingerprint density at radius 1 is 0.517 bits per heavy atom. The Morgan fingerprint density at radius 3 is 1.10 bits per heavy atom. The van der Waals surface area contributed by atoms with Gasteiger partial charge in [-0.25, -0.2) is 0 Å². The third kappa shape index (κ3) is 6.10. The zero-order chi connectivity index (χ0) is 21.2. The predicted molar refractivity (Wildman–Crippen MR) is 138 cm³/mol. The lowest BCUT2D eigenvalue weighted by Crippen LogP contribution is -2.29. The van der Waals surface area contributed by atoms with Crippen molar-refractivity contribution in [1.82, 2.24) is 0 Å². The first kappa shape index (κ1) is 23.8. The molecule has 1 nitrogen and oxygen atoms in total. The van der Waals surface area contributed by atoms with Crippen molar-refractivity contribution in [1.29, 1.82) is 0 Å². The van der Waals surface area contributed by atoms with Gasteiger partial charge in [0.2, 0.25) is 0 Å². The Balaban J connectivity index is 2.06. The number of nitrogens with zero attached hydrogens (tertiary/aromatic N) is 1. The molecule has 0 aliphatic heterocycles. The van der Waals surface area contributed by atoms with Crippen LogP contribution in [0.4, 0.5) is 17.1 Å². The highest BCUT2D eigenvalue weighted by molar-refractivity contribution is 7.69. The summed E-state index contributed by atoms with van der Waals surface area (Å²) in [6.45, 7) is 0. The molecule has 0 spiro atoms. The molecule has 0 atom stereocenters. The van der Waals surface area contributed by atoms with E-state index in [2.05, 4.69) is 4.90 Å². The Labute approximate surface area is 207 Å². The largest absolute Gasteiger partial charge is 0.372 e. The van der Waals surface area contributed by atoms with E-state index in [1.54, 1.807) is 0 Å². The first-order chi connectivity index (χ1) is 13.7. The first-order valence-electron chi connectivity index (χ1n) is 8.21. The Hall–Kier alpha value is 0.141. The monoisotopic (exact) mass is 571 g/mol. The van der Waals surface area contributed by atoms with Crippen molar-refractivity contribution in [2.24, 2.45) is 0 Å². The van der Waals surface area contributed by atoms with Crippen molar-refractivity contribution in [3.63, 3.8) is 0 Å². The molecule has 2 radical (unpaired) electrons. The Morgan fingerprint density at radius 2 is 0.828 bits per heavy atom. The summed E-state index contributed by atoms with van der Waals surface area (Å²) < 4.78 is 0. The van der Waals surface area contributed by atoms with Crippen molar-refractivity contribution in [3.8, 4) is 0 Å². The van der Waals surface area contributed by atoms with Gasteiger partial charge >= 0.3 is 20.8 Å². The Kier molecular flexibility index (Phi) is 8.35. The zero-order valence-electron chi connectivity index (χ0n) is 14.5. The number of hydrogen-bond donors (Lipinski definition) is 0. The van der Waals surface area contributed by atoms with Gasteiger partial charge in [-0.2, -0.15) is 0 Å². The lowest BCUT2D eigenvalue weighted by molar-refractivity contribution is 1.29. The molecule has 0 amide bonds. The van der Waals surface area contributed by atoms with E-state index < -0.39 is 20.8 Å². The maximum absolute atomic E-state index is 6.13. The highest BCUT2D eigenvalue weighted by Gasteiger charge is 2.28. The van der Waals surface area contributed by atoms with Crippen molar-refractivity contribution in [3.05, 3.63) is 72.8 Å². The number of halogens is 7. The third-order valence-corrected chi connectivity index (χ3v) is 11.3. The molecule has 0 bridgehead atoms. The summed E-state index contributed by atoms with van der Waals surface area (Å²) in [6, 6.07) is 20.3. The van der Waals surface area contributed by atoms with E-state index in [9.17, 15) is 0 Å². The highest BCUT2D eigenvalue weighted by atomic mass is 35.8. The molecule has 0 N–H and O–H groups in total. The molecule has 3 rings (SSSR count). The van der Waals surface area contributed by atoms with Gasteiger partial charge in [0, 0.05) is 17.1 Å². The molecule has 0 fully saturated rings. The van der Waals surface area contributed by atoms with Gasteiger partial charge < -0.3 is 4.90 Å². The number of hydrogen-bond acceptors (Lipinski definition) is 1. The van der Waals surface area contributed by atoms with Crippen LogP contribution in [0, 0.1) is 0 Å². The average Bonchev–Trinajstić information content (AvgIpc) is 2.69. The quantitative estimate of drug-likeness (QED) is 0.245. The molecule has 150 valence electrons. The second kappa shape index (κ2) is 10.2. The van der Waals surface area contributed by atoms with E-state index in [1.165, 1.54) is 0 Å². The molecule has 11 heteroatoms. The van der Waals surface area contributed by atoms with Crippen LogP contribution < -0.4 is 20.5 Å². The van der Waals surface area contributed by atoms with Gasteiger partial charge in [0.05, 0.1) is 0 Å². The van der Waals surface area contributed by atoms with Crippen LogP contribution in [0.2, 0.25) is 0 Å². The molecule has 0 heterocycles. The minimum Gasteiger partial charge on any atom is -0.311 e. The van der Waals surface area contributed by atoms with Crippen LogP contribution in [0.1, 0.15) is 0 Å². The van der Waals surface area contributed by atoms with E-state index in [-0.39, 0.29) is 0 Å². The zero-order valence-corrected chi connectivity index (χ0v) is 22.8. The summed E-state index contributed by atoms with van der Waals surface area (Å²) in [5.74, 6) is 0. The third-order valence-electron chi connectivity index (χ3n) is 4.14. The maximum atomic E-state index is 6.13. The SMILES string of the molecule is Cl[Si](Cl)c1ccc(N(c2ccc([Si](Cl)Cl)cc2)c2ccc([Si](Cl)(Cl)Cl)cc2)cc1. The van der Waals surface area contributed by atoms with Gasteiger partial charge in [-0.3, -0.25) is 0 Å². The smallest absolute Gasteiger partial charge is 0.311 e. The molecule has 0 saturated heterocycles. The average molecular weight is 575 g/mol. The molecule has 0 aromatic heterocycles. The topological polar surface area (TPSA) is 3.24 Å². The van der Waals surface area contributed by atoms with Gasteiger partial charge in [-0.05, 0) is 52.0 Å². The van der Waals surface area contributed by atoms with Crippen LogP contribution in [-0.4, -0.2) is 20.8 Å². The lowest BCUT2D eigenvalue weighted by Gasteiger charge is -2.26. The molecular formula is C18H12Cl7NSi3. The molecule has 0 aliphatic carbocycles. The molecule has 29 heavy (non-hydrogen) atoms. The van der Waals surface area contributed by atoms with Gasteiger partial charge in [-0.1, -0.05) is 36.4 Å². The van der Waals surface area contributed by atoms with E-state index in [0.717, 1.165) is 32.6 Å². The molecule has 0 unspecified atom stereocenters.